The highest BCUT2D eigenvalue weighted by Crippen LogP contribution is 2.37. The van der Waals surface area contributed by atoms with Crippen LogP contribution in [0.4, 0.5) is 0 Å². The highest BCUT2D eigenvalue weighted by molar-refractivity contribution is 4.88. The summed E-state index contributed by atoms with van der Waals surface area (Å²) >= 11 is 0. The first-order chi connectivity index (χ1) is 7.86. The van der Waals surface area contributed by atoms with Crippen molar-refractivity contribution >= 4 is 0 Å². The highest BCUT2D eigenvalue weighted by atomic mass is 15.2. The summed E-state index contributed by atoms with van der Waals surface area (Å²) in [5.74, 6) is 0.928. The third-order valence-electron chi connectivity index (χ3n) is 4.73. The minimum absolute atomic E-state index is 0.462. The second-order valence-electron chi connectivity index (χ2n) is 6.77. The van der Waals surface area contributed by atoms with Crippen molar-refractivity contribution in [3.8, 4) is 0 Å². The molecule has 0 radical (unpaired) electrons. The number of nitrogens with zero attached hydrogens (tertiary/aromatic N) is 2. The molecule has 1 rings (SSSR count). The van der Waals surface area contributed by atoms with Gasteiger partial charge in [0.25, 0.3) is 0 Å². The molecular formula is C15H32N2. The Morgan fingerprint density at radius 3 is 2.47 bits per heavy atom. The molecule has 1 aliphatic heterocycles. The summed E-state index contributed by atoms with van der Waals surface area (Å²) in [5.41, 5.74) is 0.462. The largest absolute Gasteiger partial charge is 0.308 e. The number of hydrogen-bond donors (Lipinski definition) is 0. The first-order valence-electron chi connectivity index (χ1n) is 7.25. The van der Waals surface area contributed by atoms with Crippen molar-refractivity contribution in [1.82, 2.24) is 9.80 Å². The molecule has 1 heterocycles. The lowest BCUT2D eigenvalue weighted by atomic mass is 9.77. The zero-order valence-electron chi connectivity index (χ0n) is 12.8. The maximum atomic E-state index is 2.70. The molecule has 0 aliphatic carbocycles. The standard InChI is InChI=1S/C15H32N2/c1-7-14-8-9-17(11-10-16(5)6)13(2)15(3,4)12-14/h13-14H,7-12H2,1-6H3. The molecule has 1 fully saturated rings. The molecule has 0 spiro atoms. The van der Waals surface area contributed by atoms with Gasteiger partial charge in [-0.25, -0.2) is 0 Å². The summed E-state index contributed by atoms with van der Waals surface area (Å²) in [4.78, 5) is 5.00. The number of rotatable bonds is 4. The van der Waals surface area contributed by atoms with Crippen LogP contribution in [0.3, 0.4) is 0 Å². The van der Waals surface area contributed by atoms with Crippen molar-refractivity contribution in [2.75, 3.05) is 33.7 Å². The number of hydrogen-bond acceptors (Lipinski definition) is 2. The Bertz CT molecular complexity index is 223. The lowest BCUT2D eigenvalue weighted by molar-refractivity contribution is 0.104. The van der Waals surface area contributed by atoms with Crippen molar-refractivity contribution in [3.05, 3.63) is 0 Å². The normalized spacial score (nSPS) is 30.5. The van der Waals surface area contributed by atoms with E-state index in [2.05, 4.69) is 51.6 Å². The van der Waals surface area contributed by atoms with Crippen LogP contribution in [0.25, 0.3) is 0 Å². The average molecular weight is 240 g/mol. The lowest BCUT2D eigenvalue weighted by Crippen LogP contribution is -2.44. The van der Waals surface area contributed by atoms with Gasteiger partial charge in [-0.15, -0.1) is 0 Å². The van der Waals surface area contributed by atoms with Crippen molar-refractivity contribution in [2.45, 2.75) is 53.0 Å². The third kappa shape index (κ3) is 4.26. The minimum Gasteiger partial charge on any atom is -0.308 e. The molecule has 2 nitrogen and oxygen atoms in total. The molecule has 17 heavy (non-hydrogen) atoms. The van der Waals surface area contributed by atoms with Gasteiger partial charge in [-0.3, -0.25) is 4.90 Å². The molecule has 102 valence electrons. The summed E-state index contributed by atoms with van der Waals surface area (Å²) in [5, 5.41) is 0. The molecule has 2 heteroatoms. The molecule has 1 saturated heterocycles. The van der Waals surface area contributed by atoms with E-state index < -0.39 is 0 Å². The van der Waals surface area contributed by atoms with Crippen LogP contribution in [0.2, 0.25) is 0 Å². The monoisotopic (exact) mass is 240 g/mol. The molecule has 0 aromatic rings. The molecule has 1 aliphatic rings. The molecule has 0 aromatic carbocycles. The van der Waals surface area contributed by atoms with Crippen LogP contribution >= 0.6 is 0 Å². The molecule has 2 unspecified atom stereocenters. The van der Waals surface area contributed by atoms with Gasteiger partial charge >= 0.3 is 0 Å². The maximum absolute atomic E-state index is 2.70. The lowest BCUT2D eigenvalue weighted by Gasteiger charge is -2.38. The zero-order valence-corrected chi connectivity index (χ0v) is 12.8. The van der Waals surface area contributed by atoms with Crippen molar-refractivity contribution < 1.29 is 0 Å². The summed E-state index contributed by atoms with van der Waals surface area (Å²) in [6.45, 7) is 13.4. The molecule has 0 N–H and O–H groups in total. The minimum atomic E-state index is 0.462. The van der Waals surface area contributed by atoms with Crippen LogP contribution in [0.15, 0.2) is 0 Å². The van der Waals surface area contributed by atoms with E-state index in [0.29, 0.717) is 11.5 Å². The van der Waals surface area contributed by atoms with Gasteiger partial charge in [-0.2, -0.15) is 0 Å². The summed E-state index contributed by atoms with van der Waals surface area (Å²) in [6.07, 6.45) is 4.12. The SMILES string of the molecule is CCC1CCN(CCN(C)C)C(C)C(C)(C)C1. The molecule has 0 saturated carbocycles. The van der Waals surface area contributed by atoms with Crippen LogP contribution in [0.1, 0.15) is 47.0 Å². The Kier molecular flexibility index (Phi) is 5.46. The molecular weight excluding hydrogens is 208 g/mol. The van der Waals surface area contributed by atoms with E-state index in [9.17, 15) is 0 Å². The molecule has 0 amide bonds. The fraction of sp³-hybridized carbons (Fsp3) is 1.00. The predicted octanol–water partition coefficient (Wildman–Crippen LogP) is 3.08. The summed E-state index contributed by atoms with van der Waals surface area (Å²) in [7, 11) is 4.34. The van der Waals surface area contributed by atoms with Gasteiger partial charge in [-0.05, 0) is 51.7 Å². The van der Waals surface area contributed by atoms with Crippen LogP contribution in [0.5, 0.6) is 0 Å². The average Bonchev–Trinajstić information content (AvgIpc) is 2.35. The third-order valence-corrected chi connectivity index (χ3v) is 4.73. The molecule has 0 aromatic heterocycles. The fourth-order valence-corrected chi connectivity index (χ4v) is 3.04. The van der Waals surface area contributed by atoms with E-state index in [1.54, 1.807) is 0 Å². The number of likely N-dealkylation sites (tertiary alicyclic amines) is 1. The van der Waals surface area contributed by atoms with Gasteiger partial charge in [0, 0.05) is 19.1 Å². The van der Waals surface area contributed by atoms with Crippen LogP contribution in [-0.2, 0) is 0 Å². The van der Waals surface area contributed by atoms with E-state index in [4.69, 9.17) is 0 Å². The van der Waals surface area contributed by atoms with E-state index in [-0.39, 0.29) is 0 Å². The second-order valence-corrected chi connectivity index (χ2v) is 6.77. The van der Waals surface area contributed by atoms with Gasteiger partial charge in [0.05, 0.1) is 0 Å². The zero-order chi connectivity index (χ0) is 13.1. The Morgan fingerprint density at radius 2 is 1.94 bits per heavy atom. The van der Waals surface area contributed by atoms with E-state index in [1.165, 1.54) is 38.9 Å². The summed E-state index contributed by atoms with van der Waals surface area (Å²) in [6, 6.07) is 0.707. The first-order valence-corrected chi connectivity index (χ1v) is 7.25. The van der Waals surface area contributed by atoms with Crippen molar-refractivity contribution in [3.63, 3.8) is 0 Å². The Labute approximate surface area is 108 Å². The Morgan fingerprint density at radius 1 is 1.29 bits per heavy atom. The van der Waals surface area contributed by atoms with Gasteiger partial charge in [0.15, 0.2) is 0 Å². The van der Waals surface area contributed by atoms with E-state index in [1.807, 2.05) is 0 Å². The van der Waals surface area contributed by atoms with Crippen LogP contribution < -0.4 is 0 Å². The topological polar surface area (TPSA) is 6.48 Å². The van der Waals surface area contributed by atoms with Crippen LogP contribution in [-0.4, -0.2) is 49.6 Å². The molecule has 2 atom stereocenters. The van der Waals surface area contributed by atoms with E-state index in [0.717, 1.165) is 5.92 Å². The van der Waals surface area contributed by atoms with Gasteiger partial charge in [-0.1, -0.05) is 27.2 Å². The molecule has 0 bridgehead atoms. The Hall–Kier alpha value is -0.0800. The maximum Gasteiger partial charge on any atom is 0.0119 e. The van der Waals surface area contributed by atoms with Crippen molar-refractivity contribution in [1.29, 1.82) is 0 Å². The quantitative estimate of drug-likeness (QED) is 0.745. The van der Waals surface area contributed by atoms with Crippen LogP contribution in [0, 0.1) is 11.3 Å². The first kappa shape index (κ1) is 15.0. The second kappa shape index (κ2) is 6.19. The summed E-state index contributed by atoms with van der Waals surface area (Å²) < 4.78 is 0. The van der Waals surface area contributed by atoms with Gasteiger partial charge < -0.3 is 4.90 Å². The van der Waals surface area contributed by atoms with Crippen molar-refractivity contribution in [2.24, 2.45) is 11.3 Å². The Balaban J connectivity index is 2.65. The predicted molar refractivity (Wildman–Crippen MR) is 76.4 cm³/mol. The van der Waals surface area contributed by atoms with Gasteiger partial charge in [0.1, 0.15) is 0 Å². The highest BCUT2D eigenvalue weighted by Gasteiger charge is 2.35. The van der Waals surface area contributed by atoms with Gasteiger partial charge in [0.2, 0.25) is 0 Å². The number of likely N-dealkylation sites (N-methyl/N-ethyl adjacent to an activating group) is 1. The van der Waals surface area contributed by atoms with E-state index >= 15 is 0 Å². The smallest absolute Gasteiger partial charge is 0.0119 e. The fourth-order valence-electron chi connectivity index (χ4n) is 3.04.